The van der Waals surface area contributed by atoms with E-state index in [1.54, 1.807) is 0 Å². The van der Waals surface area contributed by atoms with Gasteiger partial charge in [0.15, 0.2) is 0 Å². The van der Waals surface area contributed by atoms with Crippen molar-refractivity contribution < 1.29 is 14.6 Å². The van der Waals surface area contributed by atoms with Gasteiger partial charge in [-0.05, 0) is 5.41 Å². The topological polar surface area (TPSA) is 72.5 Å². The molecule has 1 atom stereocenters. The summed E-state index contributed by atoms with van der Waals surface area (Å²) in [6.07, 6.45) is 0. The lowest BCUT2D eigenvalue weighted by atomic mass is 9.99. The summed E-state index contributed by atoms with van der Waals surface area (Å²) >= 11 is 0. The number of aliphatic hydroxyl groups is 1. The van der Waals surface area contributed by atoms with Gasteiger partial charge in [-0.15, -0.1) is 0 Å². The smallest absolute Gasteiger partial charge is 0.325 e. The van der Waals surface area contributed by atoms with Crippen LogP contribution in [0.25, 0.3) is 0 Å². The van der Waals surface area contributed by atoms with Crippen LogP contribution < -0.4 is 5.73 Å². The molecule has 0 aliphatic heterocycles. The predicted molar refractivity (Wildman–Crippen MR) is 45.5 cm³/mol. The van der Waals surface area contributed by atoms with E-state index < -0.39 is 12.0 Å². The van der Waals surface area contributed by atoms with E-state index in [4.69, 9.17) is 15.6 Å². The van der Waals surface area contributed by atoms with Gasteiger partial charge in [0.05, 0.1) is 13.2 Å². The van der Waals surface area contributed by atoms with Crippen LogP contribution in [0.2, 0.25) is 0 Å². The van der Waals surface area contributed by atoms with Crippen molar-refractivity contribution in [1.29, 1.82) is 0 Å². The molecular formula is C8H17NO3. The van der Waals surface area contributed by atoms with Gasteiger partial charge in [-0.2, -0.15) is 0 Å². The Kier molecular flexibility index (Phi) is 4.20. The van der Waals surface area contributed by atoms with Crippen LogP contribution in [0.1, 0.15) is 20.8 Å². The molecule has 0 radical (unpaired) electrons. The Balaban J connectivity index is 3.72. The van der Waals surface area contributed by atoms with Crippen LogP contribution in [0, 0.1) is 5.41 Å². The van der Waals surface area contributed by atoms with E-state index in [0.29, 0.717) is 6.61 Å². The number of aliphatic hydroxyl groups excluding tert-OH is 1. The Morgan fingerprint density at radius 3 is 2.42 bits per heavy atom. The van der Waals surface area contributed by atoms with Gasteiger partial charge < -0.3 is 15.6 Å². The summed E-state index contributed by atoms with van der Waals surface area (Å²) in [4.78, 5) is 10.9. The SMILES string of the molecule is CC(C)(C)COC(=O)C(N)CO. The molecule has 0 aliphatic rings. The van der Waals surface area contributed by atoms with E-state index in [1.807, 2.05) is 20.8 Å². The summed E-state index contributed by atoms with van der Waals surface area (Å²) < 4.78 is 4.84. The van der Waals surface area contributed by atoms with E-state index in [2.05, 4.69) is 0 Å². The van der Waals surface area contributed by atoms with Crippen LogP contribution in [-0.2, 0) is 9.53 Å². The van der Waals surface area contributed by atoms with Crippen molar-refractivity contribution in [1.82, 2.24) is 0 Å². The van der Waals surface area contributed by atoms with Gasteiger partial charge in [0.25, 0.3) is 0 Å². The molecule has 12 heavy (non-hydrogen) atoms. The molecule has 1 unspecified atom stereocenters. The van der Waals surface area contributed by atoms with Crippen molar-refractivity contribution in [2.45, 2.75) is 26.8 Å². The summed E-state index contributed by atoms with van der Waals surface area (Å²) in [5, 5.41) is 8.51. The molecule has 0 aromatic heterocycles. The summed E-state index contributed by atoms with van der Waals surface area (Å²) in [7, 11) is 0. The van der Waals surface area contributed by atoms with Crippen LogP contribution in [-0.4, -0.2) is 30.3 Å². The van der Waals surface area contributed by atoms with Crippen LogP contribution in [0.15, 0.2) is 0 Å². The van der Waals surface area contributed by atoms with Crippen molar-refractivity contribution in [2.75, 3.05) is 13.2 Å². The van der Waals surface area contributed by atoms with Crippen LogP contribution in [0.5, 0.6) is 0 Å². The lowest BCUT2D eigenvalue weighted by molar-refractivity contribution is -0.148. The van der Waals surface area contributed by atoms with E-state index >= 15 is 0 Å². The molecule has 72 valence electrons. The summed E-state index contributed by atoms with van der Waals surface area (Å²) in [6, 6.07) is -0.910. The summed E-state index contributed by atoms with van der Waals surface area (Å²) in [5.74, 6) is -0.549. The average molecular weight is 175 g/mol. The van der Waals surface area contributed by atoms with Crippen molar-refractivity contribution in [3.05, 3.63) is 0 Å². The third-order valence-electron chi connectivity index (χ3n) is 1.15. The third-order valence-corrected chi connectivity index (χ3v) is 1.15. The molecule has 0 spiro atoms. The highest BCUT2D eigenvalue weighted by molar-refractivity contribution is 5.75. The molecule has 0 aliphatic carbocycles. The zero-order valence-electron chi connectivity index (χ0n) is 7.83. The van der Waals surface area contributed by atoms with Gasteiger partial charge in [0.1, 0.15) is 6.04 Å². The highest BCUT2D eigenvalue weighted by Crippen LogP contribution is 2.12. The minimum absolute atomic E-state index is 0.0646. The summed E-state index contributed by atoms with van der Waals surface area (Å²) in [5.41, 5.74) is 5.16. The standard InChI is InChI=1S/C8H17NO3/c1-8(2,3)5-12-7(11)6(9)4-10/h6,10H,4-5,9H2,1-3H3. The Labute approximate surface area is 72.7 Å². The zero-order valence-corrected chi connectivity index (χ0v) is 7.83. The molecule has 0 aromatic rings. The molecule has 0 fully saturated rings. The lowest BCUT2D eigenvalue weighted by Crippen LogP contribution is -2.37. The normalized spacial score (nSPS) is 14.1. The molecule has 0 amide bonds. The first kappa shape index (κ1) is 11.4. The summed E-state index contributed by atoms with van der Waals surface area (Å²) in [6.45, 7) is 5.79. The van der Waals surface area contributed by atoms with Crippen LogP contribution in [0.3, 0.4) is 0 Å². The van der Waals surface area contributed by atoms with Crippen LogP contribution in [0.4, 0.5) is 0 Å². The average Bonchev–Trinajstić information content (AvgIpc) is 1.97. The van der Waals surface area contributed by atoms with Gasteiger partial charge >= 0.3 is 5.97 Å². The second-order valence-corrected chi connectivity index (χ2v) is 3.96. The molecule has 0 saturated carbocycles. The molecular weight excluding hydrogens is 158 g/mol. The number of carbonyl (C=O) groups excluding carboxylic acids is 1. The second kappa shape index (κ2) is 4.42. The predicted octanol–water partition coefficient (Wildman–Crippen LogP) is -0.105. The van der Waals surface area contributed by atoms with Gasteiger partial charge in [0, 0.05) is 0 Å². The first-order valence-corrected chi connectivity index (χ1v) is 3.90. The van der Waals surface area contributed by atoms with Crippen molar-refractivity contribution in [3.8, 4) is 0 Å². The first-order valence-electron chi connectivity index (χ1n) is 3.90. The number of rotatable bonds is 3. The maximum Gasteiger partial charge on any atom is 0.325 e. The number of carbonyl (C=O) groups is 1. The Hall–Kier alpha value is -0.610. The van der Waals surface area contributed by atoms with E-state index in [-0.39, 0.29) is 12.0 Å². The largest absolute Gasteiger partial charge is 0.464 e. The number of hydrogen-bond acceptors (Lipinski definition) is 4. The Bertz CT molecular complexity index is 151. The van der Waals surface area contributed by atoms with Crippen molar-refractivity contribution in [2.24, 2.45) is 11.1 Å². The second-order valence-electron chi connectivity index (χ2n) is 3.96. The highest BCUT2D eigenvalue weighted by atomic mass is 16.5. The fourth-order valence-corrected chi connectivity index (χ4v) is 0.469. The van der Waals surface area contributed by atoms with Gasteiger partial charge in [-0.1, -0.05) is 20.8 Å². The monoisotopic (exact) mass is 175 g/mol. The fourth-order valence-electron chi connectivity index (χ4n) is 0.469. The minimum Gasteiger partial charge on any atom is -0.464 e. The number of hydrogen-bond donors (Lipinski definition) is 2. The van der Waals surface area contributed by atoms with Gasteiger partial charge in [0.2, 0.25) is 0 Å². The number of esters is 1. The zero-order chi connectivity index (χ0) is 9.78. The number of ether oxygens (including phenoxy) is 1. The van der Waals surface area contributed by atoms with E-state index in [1.165, 1.54) is 0 Å². The molecule has 4 nitrogen and oxygen atoms in total. The quantitative estimate of drug-likeness (QED) is 0.587. The number of nitrogens with two attached hydrogens (primary N) is 1. The molecule has 4 heteroatoms. The maximum atomic E-state index is 10.9. The maximum absolute atomic E-state index is 10.9. The Morgan fingerprint density at radius 1 is 1.58 bits per heavy atom. The van der Waals surface area contributed by atoms with Gasteiger partial charge in [-0.25, -0.2) is 0 Å². The van der Waals surface area contributed by atoms with Gasteiger partial charge in [-0.3, -0.25) is 4.79 Å². The minimum atomic E-state index is -0.910. The lowest BCUT2D eigenvalue weighted by Gasteiger charge is -2.18. The van der Waals surface area contributed by atoms with E-state index in [9.17, 15) is 4.79 Å². The third kappa shape index (κ3) is 5.09. The van der Waals surface area contributed by atoms with Crippen molar-refractivity contribution >= 4 is 5.97 Å². The Morgan fingerprint density at radius 2 is 2.08 bits per heavy atom. The van der Waals surface area contributed by atoms with Crippen molar-refractivity contribution in [3.63, 3.8) is 0 Å². The molecule has 0 heterocycles. The molecule has 3 N–H and O–H groups in total. The first-order chi connectivity index (χ1) is 5.37. The molecule has 0 rings (SSSR count). The highest BCUT2D eigenvalue weighted by Gasteiger charge is 2.17. The molecule has 0 aromatic carbocycles. The molecule has 0 bridgehead atoms. The fraction of sp³-hybridized carbons (Fsp3) is 0.875. The van der Waals surface area contributed by atoms with E-state index in [0.717, 1.165) is 0 Å². The van der Waals surface area contributed by atoms with Crippen LogP contribution >= 0.6 is 0 Å². The molecule has 0 saturated heterocycles.